The van der Waals surface area contributed by atoms with Gasteiger partial charge in [-0.2, -0.15) is 5.10 Å². The molecule has 0 aliphatic rings. The van der Waals surface area contributed by atoms with Crippen LogP contribution in [0.4, 0.5) is 0 Å². The lowest BCUT2D eigenvalue weighted by atomic mass is 10.1. The third-order valence-electron chi connectivity index (χ3n) is 3.71. The first-order valence-corrected chi connectivity index (χ1v) is 7.71. The van der Waals surface area contributed by atoms with Crippen molar-refractivity contribution in [1.82, 2.24) is 9.78 Å². The molecule has 0 aliphatic carbocycles. The van der Waals surface area contributed by atoms with Crippen molar-refractivity contribution in [3.63, 3.8) is 0 Å². The summed E-state index contributed by atoms with van der Waals surface area (Å²) in [7, 11) is 0. The summed E-state index contributed by atoms with van der Waals surface area (Å²) < 4.78 is 7.86. The van der Waals surface area contributed by atoms with Crippen molar-refractivity contribution in [3.8, 4) is 5.75 Å². The minimum absolute atomic E-state index is 0.104. The molecule has 0 aliphatic heterocycles. The van der Waals surface area contributed by atoms with Gasteiger partial charge in [0.15, 0.2) is 0 Å². The van der Waals surface area contributed by atoms with Gasteiger partial charge in [0, 0.05) is 12.6 Å². The van der Waals surface area contributed by atoms with Gasteiger partial charge in [0.05, 0.1) is 11.4 Å². The molecule has 0 fully saturated rings. The number of rotatable bonds is 7. The summed E-state index contributed by atoms with van der Waals surface area (Å²) in [6, 6.07) is 10.3. The summed E-state index contributed by atoms with van der Waals surface area (Å²) in [5, 5.41) is 4.53. The van der Waals surface area contributed by atoms with Crippen LogP contribution in [-0.4, -0.2) is 9.78 Å². The molecule has 4 nitrogen and oxygen atoms in total. The average Bonchev–Trinajstić information content (AvgIpc) is 2.95. The van der Waals surface area contributed by atoms with Gasteiger partial charge in [0.2, 0.25) is 0 Å². The SMILES string of the molecule is CCc1cc(COc2ccc([C@H](N)CC)cc2)n(CC)n1. The monoisotopic (exact) mass is 287 g/mol. The van der Waals surface area contributed by atoms with Crippen molar-refractivity contribution in [3.05, 3.63) is 47.3 Å². The van der Waals surface area contributed by atoms with Crippen LogP contribution in [0.2, 0.25) is 0 Å². The quantitative estimate of drug-likeness (QED) is 0.848. The molecule has 2 N–H and O–H groups in total. The lowest BCUT2D eigenvalue weighted by Crippen LogP contribution is -2.08. The molecule has 1 atom stereocenters. The summed E-state index contributed by atoms with van der Waals surface area (Å²) in [6.45, 7) is 7.70. The van der Waals surface area contributed by atoms with Crippen molar-refractivity contribution in [2.75, 3.05) is 0 Å². The maximum absolute atomic E-state index is 6.01. The number of hydrogen-bond donors (Lipinski definition) is 1. The van der Waals surface area contributed by atoms with E-state index in [0.717, 1.165) is 42.1 Å². The van der Waals surface area contributed by atoms with E-state index in [4.69, 9.17) is 10.5 Å². The van der Waals surface area contributed by atoms with Gasteiger partial charge in [-0.3, -0.25) is 4.68 Å². The molecule has 0 bridgehead atoms. The third-order valence-corrected chi connectivity index (χ3v) is 3.71. The Hall–Kier alpha value is -1.81. The van der Waals surface area contributed by atoms with Crippen LogP contribution < -0.4 is 10.5 Å². The lowest BCUT2D eigenvalue weighted by molar-refractivity contribution is 0.292. The van der Waals surface area contributed by atoms with Crippen LogP contribution in [0.3, 0.4) is 0 Å². The molecule has 2 aromatic rings. The van der Waals surface area contributed by atoms with Gasteiger partial charge in [0.25, 0.3) is 0 Å². The van der Waals surface area contributed by atoms with E-state index in [-0.39, 0.29) is 6.04 Å². The van der Waals surface area contributed by atoms with Crippen LogP contribution in [-0.2, 0) is 19.6 Å². The Morgan fingerprint density at radius 1 is 1.19 bits per heavy atom. The summed E-state index contributed by atoms with van der Waals surface area (Å²) in [5.41, 5.74) is 9.39. The molecule has 0 radical (unpaired) electrons. The molecule has 1 aromatic heterocycles. The van der Waals surface area contributed by atoms with Crippen molar-refractivity contribution < 1.29 is 4.74 Å². The second-order valence-electron chi connectivity index (χ2n) is 5.17. The Balaban J connectivity index is 2.01. The van der Waals surface area contributed by atoms with Gasteiger partial charge in [-0.05, 0) is 43.5 Å². The molecular formula is C17H25N3O. The maximum atomic E-state index is 6.01. The number of ether oxygens (including phenoxy) is 1. The molecule has 4 heteroatoms. The highest BCUT2D eigenvalue weighted by Gasteiger charge is 2.07. The van der Waals surface area contributed by atoms with E-state index in [2.05, 4.69) is 31.9 Å². The van der Waals surface area contributed by atoms with E-state index in [1.165, 1.54) is 0 Å². The number of aromatic nitrogens is 2. The van der Waals surface area contributed by atoms with Crippen molar-refractivity contribution in [2.45, 2.75) is 52.8 Å². The van der Waals surface area contributed by atoms with Crippen molar-refractivity contribution in [2.24, 2.45) is 5.73 Å². The van der Waals surface area contributed by atoms with Crippen LogP contribution in [0.1, 0.15) is 50.2 Å². The predicted octanol–water partition coefficient (Wildman–Crippen LogP) is 3.45. The van der Waals surface area contributed by atoms with E-state index in [0.29, 0.717) is 6.61 Å². The van der Waals surface area contributed by atoms with Gasteiger partial charge in [-0.15, -0.1) is 0 Å². The topological polar surface area (TPSA) is 53.1 Å². The van der Waals surface area contributed by atoms with Crippen LogP contribution in [0.5, 0.6) is 5.75 Å². The molecular weight excluding hydrogens is 262 g/mol. The smallest absolute Gasteiger partial charge is 0.130 e. The van der Waals surface area contributed by atoms with Crippen molar-refractivity contribution in [1.29, 1.82) is 0 Å². The van der Waals surface area contributed by atoms with E-state index < -0.39 is 0 Å². The first-order valence-electron chi connectivity index (χ1n) is 7.71. The highest BCUT2D eigenvalue weighted by Crippen LogP contribution is 2.19. The second kappa shape index (κ2) is 7.27. The molecule has 114 valence electrons. The summed E-state index contributed by atoms with van der Waals surface area (Å²) >= 11 is 0. The first kappa shape index (κ1) is 15.6. The Kier molecular flexibility index (Phi) is 5.39. The van der Waals surface area contributed by atoms with Crippen molar-refractivity contribution >= 4 is 0 Å². The first-order chi connectivity index (χ1) is 10.2. The zero-order chi connectivity index (χ0) is 15.2. The van der Waals surface area contributed by atoms with Gasteiger partial charge >= 0.3 is 0 Å². The molecule has 0 saturated heterocycles. The summed E-state index contributed by atoms with van der Waals surface area (Å²) in [6.07, 6.45) is 1.89. The number of nitrogens with zero attached hydrogens (tertiary/aromatic N) is 2. The van der Waals surface area contributed by atoms with Crippen LogP contribution in [0, 0.1) is 0 Å². The number of aryl methyl sites for hydroxylation is 2. The molecule has 21 heavy (non-hydrogen) atoms. The zero-order valence-electron chi connectivity index (χ0n) is 13.2. The average molecular weight is 287 g/mol. The fourth-order valence-corrected chi connectivity index (χ4v) is 2.28. The van der Waals surface area contributed by atoms with E-state index in [1.54, 1.807) is 0 Å². The minimum atomic E-state index is 0.104. The van der Waals surface area contributed by atoms with Gasteiger partial charge < -0.3 is 10.5 Å². The highest BCUT2D eigenvalue weighted by atomic mass is 16.5. The predicted molar refractivity (Wildman–Crippen MR) is 85.3 cm³/mol. The number of hydrogen-bond acceptors (Lipinski definition) is 3. The minimum Gasteiger partial charge on any atom is -0.487 e. The van der Waals surface area contributed by atoms with Gasteiger partial charge in [0.1, 0.15) is 12.4 Å². The van der Waals surface area contributed by atoms with Crippen LogP contribution in [0.25, 0.3) is 0 Å². The molecule has 2 rings (SSSR count). The summed E-state index contributed by atoms with van der Waals surface area (Å²) in [5.74, 6) is 0.865. The van der Waals surface area contributed by atoms with Crippen LogP contribution >= 0.6 is 0 Å². The molecule has 0 unspecified atom stereocenters. The lowest BCUT2D eigenvalue weighted by Gasteiger charge is -2.11. The van der Waals surface area contributed by atoms with Gasteiger partial charge in [-0.25, -0.2) is 0 Å². The molecule has 0 spiro atoms. The Labute approximate surface area is 126 Å². The van der Waals surface area contributed by atoms with Crippen LogP contribution in [0.15, 0.2) is 30.3 Å². The van der Waals surface area contributed by atoms with E-state index in [1.807, 2.05) is 28.9 Å². The third kappa shape index (κ3) is 3.85. The second-order valence-corrected chi connectivity index (χ2v) is 5.17. The Morgan fingerprint density at radius 3 is 2.48 bits per heavy atom. The normalized spacial score (nSPS) is 12.4. The molecule has 1 heterocycles. The Morgan fingerprint density at radius 2 is 1.90 bits per heavy atom. The van der Waals surface area contributed by atoms with Gasteiger partial charge in [-0.1, -0.05) is 26.0 Å². The number of benzene rings is 1. The number of nitrogens with two attached hydrogens (primary N) is 1. The Bertz CT molecular complexity index is 560. The molecule has 0 saturated carbocycles. The summed E-state index contributed by atoms with van der Waals surface area (Å²) in [4.78, 5) is 0. The highest BCUT2D eigenvalue weighted by molar-refractivity contribution is 5.29. The van der Waals surface area contributed by atoms with E-state index >= 15 is 0 Å². The fraction of sp³-hybridized carbons (Fsp3) is 0.471. The van der Waals surface area contributed by atoms with E-state index in [9.17, 15) is 0 Å². The largest absolute Gasteiger partial charge is 0.487 e. The molecule has 1 aromatic carbocycles. The standard InChI is InChI=1S/C17H25N3O/c1-4-14-11-15(20(6-3)19-14)12-21-16-9-7-13(8-10-16)17(18)5-2/h7-11,17H,4-6,12,18H2,1-3H3/t17-/m1/s1. The zero-order valence-corrected chi connectivity index (χ0v) is 13.2. The maximum Gasteiger partial charge on any atom is 0.130 e. The fourth-order valence-electron chi connectivity index (χ4n) is 2.28. The molecule has 0 amide bonds.